The fourth-order valence-corrected chi connectivity index (χ4v) is 4.42. The minimum atomic E-state index is -2.80. The SMILES string of the molecule is Cn1nnc(CNC(=O)C2CC(O)CN2C(=O)[C@@H](n2cc(C3CC3)nn2)C(C)(C)C)c1C(F)F. The van der Waals surface area contributed by atoms with Gasteiger partial charge in [-0.25, -0.2) is 18.1 Å². The molecule has 2 amide bonds. The van der Waals surface area contributed by atoms with E-state index in [0.29, 0.717) is 5.92 Å². The molecule has 1 saturated carbocycles. The van der Waals surface area contributed by atoms with Crippen LogP contribution < -0.4 is 5.32 Å². The van der Waals surface area contributed by atoms with Gasteiger partial charge in [-0.1, -0.05) is 31.2 Å². The van der Waals surface area contributed by atoms with Gasteiger partial charge in [0.05, 0.1) is 18.3 Å². The fourth-order valence-electron chi connectivity index (χ4n) is 4.42. The Kier molecular flexibility index (Phi) is 6.40. The Morgan fingerprint density at radius 3 is 2.56 bits per heavy atom. The Labute approximate surface area is 195 Å². The number of carbonyl (C=O) groups excluding carboxylic acids is 2. The van der Waals surface area contributed by atoms with E-state index in [0.717, 1.165) is 23.2 Å². The highest BCUT2D eigenvalue weighted by atomic mass is 19.3. The second-order valence-electron chi connectivity index (χ2n) is 10.1. The van der Waals surface area contributed by atoms with Gasteiger partial charge in [0.15, 0.2) is 0 Å². The lowest BCUT2D eigenvalue weighted by Crippen LogP contribution is -2.50. The third-order valence-corrected chi connectivity index (χ3v) is 6.29. The molecule has 2 fully saturated rings. The van der Waals surface area contributed by atoms with Crippen LogP contribution >= 0.6 is 0 Å². The van der Waals surface area contributed by atoms with Crippen molar-refractivity contribution in [1.29, 1.82) is 0 Å². The monoisotopic (exact) mass is 480 g/mol. The third-order valence-electron chi connectivity index (χ3n) is 6.29. The Balaban J connectivity index is 1.52. The average molecular weight is 481 g/mol. The van der Waals surface area contributed by atoms with Gasteiger partial charge < -0.3 is 15.3 Å². The first kappa shape index (κ1) is 24.2. The number of alkyl halides is 2. The molecule has 2 aromatic heterocycles. The van der Waals surface area contributed by atoms with Crippen LogP contribution in [0.2, 0.25) is 0 Å². The molecule has 1 aliphatic heterocycles. The van der Waals surface area contributed by atoms with Gasteiger partial charge in [-0.05, 0) is 18.3 Å². The van der Waals surface area contributed by atoms with E-state index in [2.05, 4.69) is 25.9 Å². The molecule has 2 unspecified atom stereocenters. The summed E-state index contributed by atoms with van der Waals surface area (Å²) in [6, 6.07) is -1.69. The van der Waals surface area contributed by atoms with Crippen molar-refractivity contribution < 1.29 is 23.5 Å². The number of hydrogen-bond acceptors (Lipinski definition) is 7. The van der Waals surface area contributed by atoms with E-state index >= 15 is 0 Å². The van der Waals surface area contributed by atoms with Crippen molar-refractivity contribution in [3.63, 3.8) is 0 Å². The highest BCUT2D eigenvalue weighted by Gasteiger charge is 2.45. The lowest BCUT2D eigenvalue weighted by atomic mass is 9.85. The Bertz CT molecular complexity index is 1060. The predicted molar refractivity (Wildman–Crippen MR) is 114 cm³/mol. The first-order valence-corrected chi connectivity index (χ1v) is 11.3. The molecule has 13 heteroatoms. The standard InChI is InChI=1S/C21H30F2N8O3/c1-21(2,3)17(31-10-14(26-28-31)11-5-6-11)20(34)30-9-12(32)7-15(30)19(33)24-8-13-16(18(22)23)29(4)27-25-13/h10-12,15,17-18,32H,5-9H2,1-4H3,(H,24,33)/t12?,15?,17-/m1/s1. The smallest absolute Gasteiger partial charge is 0.281 e. The van der Waals surface area contributed by atoms with Crippen LogP contribution in [0, 0.1) is 5.41 Å². The molecule has 0 aromatic carbocycles. The number of hydrogen-bond donors (Lipinski definition) is 2. The topological polar surface area (TPSA) is 131 Å². The molecular formula is C21H30F2N8O3. The summed E-state index contributed by atoms with van der Waals surface area (Å²) in [4.78, 5) is 28.0. The maximum Gasteiger partial charge on any atom is 0.281 e. The molecule has 1 aliphatic carbocycles. The van der Waals surface area contributed by atoms with E-state index in [1.54, 1.807) is 10.9 Å². The molecule has 0 radical (unpaired) electrons. The molecule has 1 saturated heterocycles. The maximum atomic E-state index is 13.7. The van der Waals surface area contributed by atoms with E-state index in [1.807, 2.05) is 20.8 Å². The van der Waals surface area contributed by atoms with Crippen LogP contribution in [-0.4, -0.2) is 70.5 Å². The highest BCUT2D eigenvalue weighted by molar-refractivity contribution is 5.90. The number of amides is 2. The minimum Gasteiger partial charge on any atom is -0.391 e. The molecule has 3 heterocycles. The average Bonchev–Trinajstić information content (AvgIpc) is 3.16. The van der Waals surface area contributed by atoms with Crippen molar-refractivity contribution in [3.8, 4) is 0 Å². The van der Waals surface area contributed by atoms with Gasteiger partial charge in [0.1, 0.15) is 23.5 Å². The van der Waals surface area contributed by atoms with Crippen LogP contribution in [0.5, 0.6) is 0 Å². The second-order valence-corrected chi connectivity index (χ2v) is 10.1. The molecule has 0 spiro atoms. The zero-order valence-electron chi connectivity index (χ0n) is 19.6. The summed E-state index contributed by atoms with van der Waals surface area (Å²) < 4.78 is 29.0. The van der Waals surface area contributed by atoms with Crippen LogP contribution in [0.3, 0.4) is 0 Å². The number of aliphatic hydroxyl groups excluding tert-OH is 1. The van der Waals surface area contributed by atoms with Crippen LogP contribution in [0.1, 0.15) is 75.5 Å². The van der Waals surface area contributed by atoms with Gasteiger partial charge in [-0.15, -0.1) is 10.2 Å². The number of carbonyl (C=O) groups is 2. The van der Waals surface area contributed by atoms with Crippen molar-refractivity contribution in [2.45, 2.75) is 77.1 Å². The lowest BCUT2D eigenvalue weighted by Gasteiger charge is -2.34. The second kappa shape index (κ2) is 9.01. The molecule has 4 rings (SSSR count). The van der Waals surface area contributed by atoms with Gasteiger partial charge in [-0.3, -0.25) is 9.59 Å². The summed E-state index contributed by atoms with van der Waals surface area (Å²) in [5.41, 5.74) is -0.141. The summed E-state index contributed by atoms with van der Waals surface area (Å²) in [5.74, 6) is -0.541. The zero-order chi connectivity index (χ0) is 24.8. The number of rotatable bonds is 7. The summed E-state index contributed by atoms with van der Waals surface area (Å²) in [7, 11) is 1.35. The van der Waals surface area contributed by atoms with E-state index < -0.39 is 35.9 Å². The van der Waals surface area contributed by atoms with Gasteiger partial charge in [-0.2, -0.15) is 0 Å². The highest BCUT2D eigenvalue weighted by Crippen LogP contribution is 2.40. The number of halogens is 2. The van der Waals surface area contributed by atoms with Gasteiger partial charge >= 0.3 is 0 Å². The van der Waals surface area contributed by atoms with Crippen LogP contribution in [0.25, 0.3) is 0 Å². The minimum absolute atomic E-state index is 0.0128. The van der Waals surface area contributed by atoms with Crippen molar-refractivity contribution in [3.05, 3.63) is 23.3 Å². The number of aliphatic hydroxyl groups is 1. The molecule has 3 atom stereocenters. The van der Waals surface area contributed by atoms with E-state index in [-0.39, 0.29) is 36.8 Å². The van der Waals surface area contributed by atoms with E-state index in [4.69, 9.17) is 0 Å². The molecule has 2 N–H and O–H groups in total. The number of aromatic nitrogens is 6. The fraction of sp³-hybridized carbons (Fsp3) is 0.714. The van der Waals surface area contributed by atoms with Gasteiger partial charge in [0.25, 0.3) is 6.43 Å². The number of aryl methyl sites for hydroxylation is 1. The largest absolute Gasteiger partial charge is 0.391 e. The van der Waals surface area contributed by atoms with Crippen LogP contribution in [0.15, 0.2) is 6.20 Å². The quantitative estimate of drug-likeness (QED) is 0.606. The first-order valence-electron chi connectivity index (χ1n) is 11.3. The number of nitrogens with zero attached hydrogens (tertiary/aromatic N) is 7. The van der Waals surface area contributed by atoms with Crippen LogP contribution in [0.4, 0.5) is 8.78 Å². The third kappa shape index (κ3) is 4.79. The van der Waals surface area contributed by atoms with E-state index in [9.17, 15) is 23.5 Å². The van der Waals surface area contributed by atoms with Crippen LogP contribution in [-0.2, 0) is 23.2 Å². The zero-order valence-corrected chi connectivity index (χ0v) is 19.6. The Morgan fingerprint density at radius 1 is 1.24 bits per heavy atom. The summed E-state index contributed by atoms with van der Waals surface area (Å²) in [5, 5.41) is 28.5. The molecule has 2 aliphatic rings. The molecule has 2 aromatic rings. The van der Waals surface area contributed by atoms with Gasteiger partial charge in [0, 0.05) is 32.1 Å². The number of nitrogens with one attached hydrogen (secondary N) is 1. The van der Waals surface area contributed by atoms with Crippen molar-refractivity contribution in [2.24, 2.45) is 12.5 Å². The lowest BCUT2D eigenvalue weighted by molar-refractivity contribution is -0.144. The first-order chi connectivity index (χ1) is 16.0. The number of β-amino-alcohol motifs (C(OH)–C–C–N with tert-alkyl or cyclic N) is 1. The molecule has 34 heavy (non-hydrogen) atoms. The van der Waals surface area contributed by atoms with Gasteiger partial charge in [0.2, 0.25) is 11.8 Å². The predicted octanol–water partition coefficient (Wildman–Crippen LogP) is 1.09. The Hall–Kier alpha value is -2.96. The van der Waals surface area contributed by atoms with Crippen molar-refractivity contribution in [1.82, 2.24) is 40.2 Å². The Morgan fingerprint density at radius 2 is 1.94 bits per heavy atom. The molecule has 0 bridgehead atoms. The van der Waals surface area contributed by atoms with Crippen molar-refractivity contribution >= 4 is 11.8 Å². The summed E-state index contributed by atoms with van der Waals surface area (Å²) in [6.45, 7) is 5.42. The summed E-state index contributed by atoms with van der Waals surface area (Å²) >= 11 is 0. The number of likely N-dealkylation sites (tertiary alicyclic amines) is 1. The molecule has 11 nitrogen and oxygen atoms in total. The van der Waals surface area contributed by atoms with E-state index in [1.165, 1.54) is 11.9 Å². The normalized spacial score (nSPS) is 21.8. The van der Waals surface area contributed by atoms with Crippen molar-refractivity contribution in [2.75, 3.05) is 6.54 Å². The summed E-state index contributed by atoms with van der Waals surface area (Å²) in [6.07, 6.45) is 0.243. The molecule has 186 valence electrons. The maximum absolute atomic E-state index is 13.7. The molecular weight excluding hydrogens is 450 g/mol.